The number of rotatable bonds is 1. The number of carbonyl (C=O) groups is 1. The van der Waals surface area contributed by atoms with E-state index in [1.165, 1.54) is 0 Å². The molecule has 0 bridgehead atoms. The summed E-state index contributed by atoms with van der Waals surface area (Å²) in [4.78, 5) is 10.6. The molecule has 0 aliphatic rings. The van der Waals surface area contributed by atoms with E-state index in [9.17, 15) is 4.79 Å². The van der Waals surface area contributed by atoms with Crippen LogP contribution in [-0.2, 0) is 0 Å². The predicted molar refractivity (Wildman–Crippen MR) is 36.5 cm³/mol. The van der Waals surface area contributed by atoms with Crippen LogP contribution in [0.5, 0.6) is 0 Å². The summed E-state index contributed by atoms with van der Waals surface area (Å²) >= 11 is 2.42. The van der Waals surface area contributed by atoms with Gasteiger partial charge in [0, 0.05) is 0 Å². The molecule has 1 rings (SSSR count). The third-order valence-corrected chi connectivity index (χ3v) is 1.50. The van der Waals surface area contributed by atoms with Crippen molar-refractivity contribution in [2.24, 2.45) is 0 Å². The van der Waals surface area contributed by atoms with Crippen molar-refractivity contribution in [1.82, 2.24) is 0 Å². The van der Waals surface area contributed by atoms with E-state index in [0.29, 0.717) is 0 Å². The molecule has 0 aromatic heterocycles. The van der Waals surface area contributed by atoms with Crippen LogP contribution >= 0.6 is 0 Å². The number of hydrogen-bond donors (Lipinski definition) is 0. The molecule has 0 aliphatic heterocycles. The minimum atomic E-state index is -0.00407. The van der Waals surface area contributed by atoms with E-state index < -0.39 is 0 Å². The normalized spacial score (nSPS) is 8.89. The Hall–Kier alpha value is -0.591. The molecule has 0 saturated heterocycles. The number of hydrogen-bond acceptors (Lipinski definition) is 1. The van der Waals surface area contributed by atoms with Gasteiger partial charge in [0.05, 0.1) is 0 Å². The van der Waals surface area contributed by atoms with Gasteiger partial charge in [-0.05, 0) is 0 Å². The second-order valence-corrected chi connectivity index (χ2v) is 2.43. The van der Waals surface area contributed by atoms with Gasteiger partial charge in [0.1, 0.15) is 0 Å². The summed E-state index contributed by atoms with van der Waals surface area (Å²) in [6.45, 7) is 0. The fraction of sp³-hybridized carbons (Fsp3) is 0. The van der Waals surface area contributed by atoms with E-state index >= 15 is 0 Å². The molecule has 0 saturated carbocycles. The second-order valence-electron chi connectivity index (χ2n) is 1.65. The topological polar surface area (TPSA) is 17.1 Å². The van der Waals surface area contributed by atoms with Gasteiger partial charge in [-0.2, -0.15) is 0 Å². The Bertz CT molecular complexity index is 205. The SMILES string of the molecule is O=C([Se])c1ccccc1. The fourth-order valence-electron chi connectivity index (χ4n) is 0.574. The Kier molecular flexibility index (Phi) is 2.04. The molecule has 0 N–H and O–H groups in total. The first-order valence-corrected chi connectivity index (χ1v) is 3.43. The van der Waals surface area contributed by atoms with Gasteiger partial charge in [-0.25, -0.2) is 0 Å². The molecule has 0 heterocycles. The summed E-state index contributed by atoms with van der Waals surface area (Å²) in [5.74, 6) is 0. The van der Waals surface area contributed by atoms with E-state index in [1.807, 2.05) is 18.2 Å². The average molecular weight is 184 g/mol. The molecular weight excluding hydrogens is 179 g/mol. The molecule has 1 nitrogen and oxygen atoms in total. The molecular formula is C7H5OSe. The van der Waals surface area contributed by atoms with Crippen molar-refractivity contribution in [3.8, 4) is 0 Å². The van der Waals surface area contributed by atoms with Crippen molar-refractivity contribution in [3.05, 3.63) is 35.9 Å². The maximum absolute atomic E-state index is 10.6. The van der Waals surface area contributed by atoms with Crippen LogP contribution in [0.3, 0.4) is 0 Å². The van der Waals surface area contributed by atoms with Gasteiger partial charge in [-0.1, -0.05) is 0 Å². The van der Waals surface area contributed by atoms with Gasteiger partial charge < -0.3 is 0 Å². The summed E-state index contributed by atoms with van der Waals surface area (Å²) in [5, 5.41) is 0. The summed E-state index contributed by atoms with van der Waals surface area (Å²) < 4.78 is -0.00407. The summed E-state index contributed by atoms with van der Waals surface area (Å²) in [7, 11) is 0. The first kappa shape index (κ1) is 6.53. The predicted octanol–water partition coefficient (Wildman–Crippen LogP) is 0.995. The quantitative estimate of drug-likeness (QED) is 0.595. The molecule has 9 heavy (non-hydrogen) atoms. The molecule has 2 heteroatoms. The summed E-state index contributed by atoms with van der Waals surface area (Å²) in [5.41, 5.74) is 0.720. The fourth-order valence-corrected chi connectivity index (χ4v) is 0.860. The summed E-state index contributed by atoms with van der Waals surface area (Å²) in [6, 6.07) is 9.11. The molecule has 0 atom stereocenters. The monoisotopic (exact) mass is 185 g/mol. The van der Waals surface area contributed by atoms with Gasteiger partial charge in [0.15, 0.2) is 0 Å². The molecule has 1 aromatic carbocycles. The van der Waals surface area contributed by atoms with Gasteiger partial charge >= 0.3 is 61.4 Å². The number of carbonyl (C=O) groups excluding carboxylic acids is 1. The number of benzene rings is 1. The molecule has 1 aromatic rings. The first-order chi connectivity index (χ1) is 4.30. The molecule has 0 amide bonds. The van der Waals surface area contributed by atoms with Crippen LogP contribution in [0.15, 0.2) is 30.3 Å². The standard InChI is InChI=1S/C7H5OSe/c8-7(9)6-4-2-1-3-5-6/h1-5H. The van der Waals surface area contributed by atoms with Crippen LogP contribution in [0.2, 0.25) is 0 Å². The van der Waals surface area contributed by atoms with Gasteiger partial charge in [0.2, 0.25) is 0 Å². The Morgan fingerprint density at radius 2 is 1.78 bits per heavy atom. The zero-order chi connectivity index (χ0) is 6.69. The van der Waals surface area contributed by atoms with Crippen LogP contribution in [0, 0.1) is 0 Å². The van der Waals surface area contributed by atoms with Crippen molar-refractivity contribution in [2.75, 3.05) is 0 Å². The van der Waals surface area contributed by atoms with Gasteiger partial charge in [-0.3, -0.25) is 0 Å². The zero-order valence-electron chi connectivity index (χ0n) is 4.70. The maximum atomic E-state index is 10.6. The summed E-state index contributed by atoms with van der Waals surface area (Å²) in [6.07, 6.45) is 0. The molecule has 0 fully saturated rings. The Morgan fingerprint density at radius 3 is 2.11 bits per heavy atom. The van der Waals surface area contributed by atoms with Crippen LogP contribution in [0.25, 0.3) is 0 Å². The third kappa shape index (κ3) is 1.67. The van der Waals surface area contributed by atoms with Gasteiger partial charge in [0.25, 0.3) is 0 Å². The van der Waals surface area contributed by atoms with Crippen LogP contribution < -0.4 is 0 Å². The molecule has 1 radical (unpaired) electrons. The van der Waals surface area contributed by atoms with E-state index in [4.69, 9.17) is 0 Å². The van der Waals surface area contributed by atoms with Crippen molar-refractivity contribution in [3.63, 3.8) is 0 Å². The Labute approximate surface area is 61.9 Å². The molecule has 45 valence electrons. The Morgan fingerprint density at radius 1 is 1.22 bits per heavy atom. The van der Waals surface area contributed by atoms with Crippen molar-refractivity contribution in [1.29, 1.82) is 0 Å². The van der Waals surface area contributed by atoms with E-state index in [1.54, 1.807) is 12.1 Å². The van der Waals surface area contributed by atoms with Crippen LogP contribution in [-0.4, -0.2) is 20.7 Å². The van der Waals surface area contributed by atoms with Gasteiger partial charge in [-0.15, -0.1) is 0 Å². The van der Waals surface area contributed by atoms with E-state index in [2.05, 4.69) is 16.0 Å². The average Bonchev–Trinajstić information content (AvgIpc) is 1.90. The Balaban J connectivity index is 2.98. The van der Waals surface area contributed by atoms with Crippen molar-refractivity contribution >= 4 is 20.7 Å². The van der Waals surface area contributed by atoms with Crippen LogP contribution in [0.4, 0.5) is 0 Å². The van der Waals surface area contributed by atoms with E-state index in [0.717, 1.165) is 5.56 Å². The minimum absolute atomic E-state index is 0.00407. The van der Waals surface area contributed by atoms with Crippen molar-refractivity contribution in [2.45, 2.75) is 0 Å². The second kappa shape index (κ2) is 2.81. The first-order valence-electron chi connectivity index (χ1n) is 2.57. The zero-order valence-corrected chi connectivity index (χ0v) is 6.42. The molecule has 0 spiro atoms. The third-order valence-electron chi connectivity index (χ3n) is 1.01. The molecule has 0 aliphatic carbocycles. The van der Waals surface area contributed by atoms with Crippen LogP contribution in [0.1, 0.15) is 10.4 Å². The molecule has 0 unspecified atom stereocenters. The van der Waals surface area contributed by atoms with E-state index in [-0.39, 0.29) is 4.68 Å². The van der Waals surface area contributed by atoms with Crippen molar-refractivity contribution < 1.29 is 4.79 Å².